The lowest BCUT2D eigenvalue weighted by atomic mass is 10.0. The average Bonchev–Trinajstić information content (AvgIpc) is 2.89. The fourth-order valence-corrected chi connectivity index (χ4v) is 4.06. The van der Waals surface area contributed by atoms with E-state index >= 15 is 0 Å². The molecule has 0 saturated carbocycles. The molecule has 2 aromatic rings. The average molecular weight is 419 g/mol. The standard InChI is InChI=1S/C20H15F2NO3S2/c21-14-6-7-15(16(22)11-14)13-4-1-3-12(9-13)10-17-19(26)23(20(27)28-17)8-2-5-18(24)25/h1,3-4,6-7,9-11H,2,5,8H2,(H,24,25). The topological polar surface area (TPSA) is 57.6 Å². The molecule has 144 valence electrons. The van der Waals surface area contributed by atoms with Gasteiger partial charge in [-0.25, -0.2) is 8.78 Å². The number of thioether (sulfide) groups is 1. The largest absolute Gasteiger partial charge is 0.481 e. The monoisotopic (exact) mass is 419 g/mol. The molecule has 0 spiro atoms. The molecule has 1 amide bonds. The van der Waals surface area contributed by atoms with Crippen LogP contribution in [0.2, 0.25) is 0 Å². The molecule has 2 aromatic carbocycles. The normalized spacial score (nSPS) is 15.5. The first-order chi connectivity index (χ1) is 13.3. The van der Waals surface area contributed by atoms with Crippen LogP contribution >= 0.6 is 24.0 Å². The Balaban J connectivity index is 1.81. The van der Waals surface area contributed by atoms with Crippen LogP contribution in [0.5, 0.6) is 0 Å². The molecular weight excluding hydrogens is 404 g/mol. The molecule has 0 unspecified atom stereocenters. The second-order valence-electron chi connectivity index (χ2n) is 6.08. The zero-order valence-electron chi connectivity index (χ0n) is 14.5. The Morgan fingerprint density at radius 2 is 2.00 bits per heavy atom. The number of carbonyl (C=O) groups is 2. The van der Waals surface area contributed by atoms with E-state index in [1.165, 1.54) is 17.0 Å². The molecule has 0 atom stereocenters. The SMILES string of the molecule is O=C(O)CCCN1C(=O)C(=Cc2cccc(-c3ccc(F)cc3F)c2)SC1=S. The Hall–Kier alpha value is -2.58. The Morgan fingerprint density at radius 1 is 1.21 bits per heavy atom. The second kappa shape index (κ2) is 8.62. The minimum atomic E-state index is -0.925. The van der Waals surface area contributed by atoms with Crippen LogP contribution in [0.3, 0.4) is 0 Å². The number of halogens is 2. The van der Waals surface area contributed by atoms with Crippen molar-refractivity contribution in [2.45, 2.75) is 12.8 Å². The Kier molecular flexibility index (Phi) is 6.21. The van der Waals surface area contributed by atoms with Gasteiger partial charge in [0.2, 0.25) is 0 Å². The van der Waals surface area contributed by atoms with Crippen LogP contribution in [0.25, 0.3) is 17.2 Å². The van der Waals surface area contributed by atoms with Crippen LogP contribution in [0.15, 0.2) is 47.4 Å². The van der Waals surface area contributed by atoms with Crippen molar-refractivity contribution in [2.24, 2.45) is 0 Å². The fraction of sp³-hybridized carbons (Fsp3) is 0.150. The summed E-state index contributed by atoms with van der Waals surface area (Å²) in [7, 11) is 0. The number of hydrogen-bond donors (Lipinski definition) is 1. The summed E-state index contributed by atoms with van der Waals surface area (Å²) < 4.78 is 27.5. The first-order valence-electron chi connectivity index (χ1n) is 8.38. The number of carboxylic acids is 1. The molecule has 0 bridgehead atoms. The Bertz CT molecular complexity index is 991. The van der Waals surface area contributed by atoms with Crippen molar-refractivity contribution in [1.82, 2.24) is 4.90 Å². The first-order valence-corrected chi connectivity index (χ1v) is 9.60. The maximum absolute atomic E-state index is 14.0. The van der Waals surface area contributed by atoms with Crippen LogP contribution in [0.4, 0.5) is 8.78 Å². The van der Waals surface area contributed by atoms with Gasteiger partial charge in [0.15, 0.2) is 0 Å². The van der Waals surface area contributed by atoms with Crippen LogP contribution in [-0.4, -0.2) is 32.7 Å². The van der Waals surface area contributed by atoms with Gasteiger partial charge in [0, 0.05) is 24.6 Å². The van der Waals surface area contributed by atoms with Crippen LogP contribution in [0, 0.1) is 11.6 Å². The number of aliphatic carboxylic acids is 1. The number of hydrogen-bond acceptors (Lipinski definition) is 4. The van der Waals surface area contributed by atoms with Crippen molar-refractivity contribution in [3.63, 3.8) is 0 Å². The van der Waals surface area contributed by atoms with E-state index in [9.17, 15) is 18.4 Å². The number of rotatable bonds is 6. The summed E-state index contributed by atoms with van der Waals surface area (Å²) in [5.41, 5.74) is 1.49. The van der Waals surface area contributed by atoms with Crippen molar-refractivity contribution in [3.8, 4) is 11.1 Å². The number of amides is 1. The Morgan fingerprint density at radius 3 is 2.71 bits per heavy atom. The van der Waals surface area contributed by atoms with E-state index in [1.54, 1.807) is 30.3 Å². The molecule has 28 heavy (non-hydrogen) atoms. The molecule has 1 heterocycles. The smallest absolute Gasteiger partial charge is 0.303 e. The van der Waals surface area contributed by atoms with Crippen molar-refractivity contribution < 1.29 is 23.5 Å². The van der Waals surface area contributed by atoms with Gasteiger partial charge in [0.05, 0.1) is 4.91 Å². The Labute approximate surface area is 169 Å². The summed E-state index contributed by atoms with van der Waals surface area (Å²) >= 11 is 6.36. The molecular formula is C20H15F2NO3S2. The van der Waals surface area contributed by atoms with E-state index in [4.69, 9.17) is 17.3 Å². The van der Waals surface area contributed by atoms with Crippen LogP contribution in [0.1, 0.15) is 18.4 Å². The molecule has 1 saturated heterocycles. The summed E-state index contributed by atoms with van der Waals surface area (Å²) in [4.78, 5) is 25.0. The third kappa shape index (κ3) is 4.63. The molecule has 4 nitrogen and oxygen atoms in total. The van der Waals surface area contributed by atoms with E-state index in [-0.39, 0.29) is 24.4 Å². The lowest BCUT2D eigenvalue weighted by Crippen LogP contribution is -2.29. The van der Waals surface area contributed by atoms with E-state index in [0.29, 0.717) is 26.8 Å². The van der Waals surface area contributed by atoms with Crippen LogP contribution in [-0.2, 0) is 9.59 Å². The molecule has 1 fully saturated rings. The highest BCUT2D eigenvalue weighted by molar-refractivity contribution is 8.26. The van der Waals surface area contributed by atoms with Crippen molar-refractivity contribution in [1.29, 1.82) is 0 Å². The highest BCUT2D eigenvalue weighted by atomic mass is 32.2. The van der Waals surface area contributed by atoms with Gasteiger partial charge in [0.25, 0.3) is 5.91 Å². The van der Waals surface area contributed by atoms with Crippen molar-refractivity contribution in [3.05, 3.63) is 64.6 Å². The van der Waals surface area contributed by atoms with Gasteiger partial charge >= 0.3 is 5.97 Å². The lowest BCUT2D eigenvalue weighted by molar-refractivity contribution is -0.137. The maximum atomic E-state index is 14.0. The first kappa shape index (κ1) is 20.2. The summed E-state index contributed by atoms with van der Waals surface area (Å²) in [6, 6.07) is 10.3. The van der Waals surface area contributed by atoms with Crippen molar-refractivity contribution >= 4 is 46.3 Å². The molecule has 0 aliphatic carbocycles. The predicted octanol–water partition coefficient (Wildman–Crippen LogP) is 4.70. The minimum Gasteiger partial charge on any atom is -0.481 e. The fourth-order valence-electron chi connectivity index (χ4n) is 2.75. The highest BCUT2D eigenvalue weighted by Crippen LogP contribution is 2.33. The van der Waals surface area contributed by atoms with Gasteiger partial charge in [-0.2, -0.15) is 0 Å². The minimum absolute atomic E-state index is 0.0403. The number of thiocarbonyl (C=S) groups is 1. The van der Waals surface area contributed by atoms with Crippen LogP contribution < -0.4 is 0 Å². The van der Waals surface area contributed by atoms with E-state index in [2.05, 4.69) is 0 Å². The van der Waals surface area contributed by atoms with Gasteiger partial charge in [-0.15, -0.1) is 0 Å². The third-order valence-corrected chi connectivity index (χ3v) is 5.45. The van der Waals surface area contributed by atoms with Crippen molar-refractivity contribution in [2.75, 3.05) is 6.54 Å². The summed E-state index contributed by atoms with van der Waals surface area (Å²) in [5.74, 6) is -2.52. The zero-order valence-corrected chi connectivity index (χ0v) is 16.2. The molecule has 0 radical (unpaired) electrons. The van der Waals surface area contributed by atoms with E-state index in [1.807, 2.05) is 0 Å². The second-order valence-corrected chi connectivity index (χ2v) is 7.76. The van der Waals surface area contributed by atoms with E-state index in [0.717, 1.165) is 17.8 Å². The number of carbonyl (C=O) groups excluding carboxylic acids is 1. The molecule has 1 aliphatic heterocycles. The van der Waals surface area contributed by atoms with Gasteiger partial charge in [0.1, 0.15) is 16.0 Å². The number of carboxylic acid groups (broad SMARTS) is 1. The van der Waals surface area contributed by atoms with Gasteiger partial charge in [-0.05, 0) is 41.8 Å². The summed E-state index contributed by atoms with van der Waals surface area (Å²) in [6.07, 6.45) is 1.93. The quantitative estimate of drug-likeness (QED) is 0.543. The molecule has 1 N–H and O–H groups in total. The highest BCUT2D eigenvalue weighted by Gasteiger charge is 2.31. The molecule has 3 rings (SSSR count). The lowest BCUT2D eigenvalue weighted by Gasteiger charge is -2.13. The molecule has 1 aliphatic rings. The zero-order chi connectivity index (χ0) is 20.3. The predicted molar refractivity (Wildman–Crippen MR) is 109 cm³/mol. The molecule has 0 aromatic heterocycles. The summed E-state index contributed by atoms with van der Waals surface area (Å²) in [6.45, 7) is 0.245. The van der Waals surface area contributed by atoms with Gasteiger partial charge in [-0.3, -0.25) is 14.5 Å². The maximum Gasteiger partial charge on any atom is 0.303 e. The number of benzene rings is 2. The van der Waals surface area contributed by atoms with Gasteiger partial charge in [-0.1, -0.05) is 42.2 Å². The molecule has 8 heteroatoms. The summed E-state index contributed by atoms with van der Waals surface area (Å²) in [5, 5.41) is 8.72. The third-order valence-electron chi connectivity index (χ3n) is 4.07. The number of nitrogens with zero attached hydrogens (tertiary/aromatic N) is 1. The van der Waals surface area contributed by atoms with E-state index < -0.39 is 17.6 Å². The van der Waals surface area contributed by atoms with Gasteiger partial charge < -0.3 is 5.11 Å².